The number of rotatable bonds is 6. The van der Waals surface area contributed by atoms with Gasteiger partial charge in [0.25, 0.3) is 15.9 Å². The van der Waals surface area contributed by atoms with Crippen LogP contribution in [0.4, 0.5) is 5.69 Å². The Morgan fingerprint density at radius 1 is 1.26 bits per heavy atom. The largest absolute Gasteiger partial charge is 0.282 e. The first-order valence-corrected chi connectivity index (χ1v) is 8.00. The molecular formula is C13H20N2O3S. The highest BCUT2D eigenvalue weighted by Crippen LogP contribution is 2.12. The van der Waals surface area contributed by atoms with Crippen LogP contribution in [0, 0.1) is 5.92 Å². The number of carbonyl (C=O) groups is 1. The zero-order valence-electron chi connectivity index (χ0n) is 11.5. The van der Waals surface area contributed by atoms with Crippen LogP contribution in [0.2, 0.25) is 0 Å². The van der Waals surface area contributed by atoms with E-state index in [1.165, 1.54) is 0 Å². The van der Waals surface area contributed by atoms with Gasteiger partial charge in [-0.1, -0.05) is 32.0 Å². The van der Waals surface area contributed by atoms with E-state index in [-0.39, 0.29) is 6.42 Å². The normalized spacial score (nSPS) is 11.4. The lowest BCUT2D eigenvalue weighted by Crippen LogP contribution is -2.40. The van der Waals surface area contributed by atoms with Gasteiger partial charge in [0.05, 0.1) is 11.9 Å². The average Bonchev–Trinajstić information content (AvgIpc) is 2.33. The molecule has 0 unspecified atom stereocenters. The zero-order valence-corrected chi connectivity index (χ0v) is 12.3. The average molecular weight is 284 g/mol. The fourth-order valence-electron chi connectivity index (χ4n) is 1.47. The van der Waals surface area contributed by atoms with E-state index in [0.29, 0.717) is 22.4 Å². The fraction of sp³-hybridized carbons (Fsp3) is 0.462. The number of para-hydroxylation sites is 1. The summed E-state index contributed by atoms with van der Waals surface area (Å²) in [6.45, 7) is 3.98. The molecular weight excluding hydrogens is 264 g/mol. The van der Waals surface area contributed by atoms with Gasteiger partial charge < -0.3 is 0 Å². The van der Waals surface area contributed by atoms with E-state index in [1.54, 1.807) is 24.3 Å². The molecule has 6 heteroatoms. The van der Waals surface area contributed by atoms with Crippen LogP contribution in [-0.2, 0) is 14.8 Å². The Hall–Kier alpha value is -1.56. The van der Waals surface area contributed by atoms with Crippen molar-refractivity contribution in [2.45, 2.75) is 26.7 Å². The van der Waals surface area contributed by atoms with Crippen molar-refractivity contribution in [3.8, 4) is 0 Å². The van der Waals surface area contributed by atoms with Crippen LogP contribution in [0.15, 0.2) is 30.3 Å². The number of carbonyl (C=O) groups excluding carboxylic acids is 1. The Morgan fingerprint density at radius 2 is 1.84 bits per heavy atom. The first-order valence-electron chi connectivity index (χ1n) is 6.15. The quantitative estimate of drug-likeness (QED) is 0.814. The van der Waals surface area contributed by atoms with Crippen LogP contribution >= 0.6 is 0 Å². The minimum Gasteiger partial charge on any atom is -0.282 e. The van der Waals surface area contributed by atoms with Crippen LogP contribution in [0.25, 0.3) is 0 Å². The molecule has 1 N–H and O–H groups in total. The van der Waals surface area contributed by atoms with E-state index < -0.39 is 15.9 Å². The van der Waals surface area contributed by atoms with E-state index in [9.17, 15) is 13.2 Å². The van der Waals surface area contributed by atoms with E-state index in [4.69, 9.17) is 0 Å². The summed E-state index contributed by atoms with van der Waals surface area (Å²) in [7, 11) is -3.64. The first kappa shape index (κ1) is 15.5. The molecule has 0 aliphatic rings. The zero-order chi connectivity index (χ0) is 14.5. The monoisotopic (exact) mass is 284 g/mol. The number of hydrogen-bond donors (Lipinski definition) is 1. The molecule has 19 heavy (non-hydrogen) atoms. The highest BCUT2D eigenvalue weighted by Gasteiger charge is 2.23. The number of anilines is 1. The highest BCUT2D eigenvalue weighted by atomic mass is 32.2. The maximum atomic E-state index is 12.0. The van der Waals surface area contributed by atoms with Crippen molar-refractivity contribution >= 4 is 21.6 Å². The third-order valence-corrected chi connectivity index (χ3v) is 3.46. The maximum Gasteiger partial charge on any atom is 0.255 e. The number of benzene rings is 1. The number of nitrogens with zero attached hydrogens (tertiary/aromatic N) is 1. The van der Waals surface area contributed by atoms with Crippen LogP contribution in [0.1, 0.15) is 26.7 Å². The molecule has 1 amide bonds. The van der Waals surface area contributed by atoms with Gasteiger partial charge in [-0.2, -0.15) is 0 Å². The summed E-state index contributed by atoms with van der Waals surface area (Å²) in [5.74, 6) is -0.0952. The van der Waals surface area contributed by atoms with Crippen LogP contribution in [0.5, 0.6) is 0 Å². The van der Waals surface area contributed by atoms with Gasteiger partial charge in [0, 0.05) is 6.42 Å². The van der Waals surface area contributed by atoms with E-state index in [0.717, 1.165) is 6.26 Å². The summed E-state index contributed by atoms with van der Waals surface area (Å²) in [5.41, 5.74) is 3.20. The summed E-state index contributed by atoms with van der Waals surface area (Å²) in [5, 5.41) is 0. The molecule has 0 aromatic heterocycles. The number of hydrogen-bond acceptors (Lipinski definition) is 4. The number of nitrogens with one attached hydrogen (secondary N) is 1. The van der Waals surface area contributed by atoms with Gasteiger partial charge in [-0.15, -0.1) is 4.41 Å². The lowest BCUT2D eigenvalue weighted by molar-refractivity contribution is -0.125. The summed E-state index contributed by atoms with van der Waals surface area (Å²) in [6.07, 6.45) is 1.86. The summed E-state index contributed by atoms with van der Waals surface area (Å²) >= 11 is 0. The minimum absolute atomic E-state index is 0.199. The fourth-order valence-corrected chi connectivity index (χ4v) is 2.21. The van der Waals surface area contributed by atoms with Gasteiger partial charge in [-0.05, 0) is 24.5 Å². The second kappa shape index (κ2) is 6.56. The van der Waals surface area contributed by atoms with Gasteiger partial charge in [-0.25, -0.2) is 8.42 Å². The van der Waals surface area contributed by atoms with E-state index in [2.05, 4.69) is 5.43 Å². The molecule has 0 aliphatic heterocycles. The van der Waals surface area contributed by atoms with E-state index >= 15 is 0 Å². The van der Waals surface area contributed by atoms with Crippen molar-refractivity contribution in [3.05, 3.63) is 30.3 Å². The van der Waals surface area contributed by atoms with E-state index in [1.807, 2.05) is 19.9 Å². The Balaban J connectivity index is 2.82. The molecule has 0 aliphatic carbocycles. The predicted octanol–water partition coefficient (Wildman–Crippen LogP) is 2.24. The van der Waals surface area contributed by atoms with Gasteiger partial charge in [0.2, 0.25) is 0 Å². The first-order chi connectivity index (χ1) is 8.80. The molecule has 0 radical (unpaired) electrons. The lowest BCUT2D eigenvalue weighted by atomic mass is 10.1. The van der Waals surface area contributed by atoms with Crippen molar-refractivity contribution in [2.75, 3.05) is 11.7 Å². The molecule has 0 saturated carbocycles. The molecule has 0 atom stereocenters. The summed E-state index contributed by atoms with van der Waals surface area (Å²) in [4.78, 5) is 12.0. The van der Waals surface area contributed by atoms with Crippen molar-refractivity contribution in [1.82, 2.24) is 4.41 Å². The number of hydrazine groups is 1. The molecule has 5 nitrogen and oxygen atoms in total. The molecule has 0 saturated heterocycles. The molecule has 1 rings (SSSR count). The topological polar surface area (TPSA) is 66.5 Å². The SMILES string of the molecule is CC(C)CCC(=O)N(Nc1ccccc1)S(C)(=O)=O. The summed E-state index contributed by atoms with van der Waals surface area (Å²) in [6, 6.07) is 8.75. The number of amides is 1. The van der Waals surface area contributed by atoms with Crippen molar-refractivity contribution in [1.29, 1.82) is 0 Å². The smallest absolute Gasteiger partial charge is 0.255 e. The Bertz CT molecular complexity index is 512. The third-order valence-electron chi connectivity index (χ3n) is 2.50. The van der Waals surface area contributed by atoms with Crippen molar-refractivity contribution < 1.29 is 13.2 Å². The van der Waals surface area contributed by atoms with Crippen LogP contribution < -0.4 is 5.43 Å². The molecule has 0 bridgehead atoms. The predicted molar refractivity (Wildman–Crippen MR) is 75.8 cm³/mol. The molecule has 1 aromatic rings. The molecule has 0 heterocycles. The second-order valence-corrected chi connectivity index (χ2v) is 6.66. The van der Waals surface area contributed by atoms with Crippen LogP contribution in [0.3, 0.4) is 0 Å². The molecule has 1 aromatic carbocycles. The number of sulfonamides is 1. The Kier molecular flexibility index (Phi) is 5.35. The van der Waals surface area contributed by atoms with Gasteiger partial charge in [0.15, 0.2) is 0 Å². The highest BCUT2D eigenvalue weighted by molar-refractivity contribution is 7.88. The van der Waals surface area contributed by atoms with Gasteiger partial charge in [0.1, 0.15) is 0 Å². The third kappa shape index (κ3) is 5.30. The minimum atomic E-state index is -3.64. The standard InChI is InChI=1S/C13H20N2O3S/c1-11(2)9-10-13(16)15(19(3,17)18)14-12-7-5-4-6-8-12/h4-8,11,14H,9-10H2,1-3H3. The Labute approximate surface area is 114 Å². The second-order valence-electron chi connectivity index (χ2n) is 4.83. The Morgan fingerprint density at radius 3 is 2.32 bits per heavy atom. The lowest BCUT2D eigenvalue weighted by Gasteiger charge is -2.22. The van der Waals surface area contributed by atoms with Crippen LogP contribution in [-0.4, -0.2) is 25.0 Å². The molecule has 0 spiro atoms. The van der Waals surface area contributed by atoms with Crippen molar-refractivity contribution in [3.63, 3.8) is 0 Å². The molecule has 106 valence electrons. The maximum absolute atomic E-state index is 12.0. The van der Waals surface area contributed by atoms with Gasteiger partial charge >= 0.3 is 0 Å². The molecule has 0 fully saturated rings. The summed E-state index contributed by atoms with van der Waals surface area (Å²) < 4.78 is 24.0. The van der Waals surface area contributed by atoms with Crippen molar-refractivity contribution in [2.24, 2.45) is 5.92 Å². The van der Waals surface area contributed by atoms with Gasteiger partial charge in [-0.3, -0.25) is 10.2 Å².